The molecule has 0 radical (unpaired) electrons. The standard InChI is InChI=1S/C14H16N2O2/c1-16-8-3-5-12(16)14(17)15-11-4-2-6-13-10(11)7-9-18-13/h3,5,7-9,11H,2,4,6H2,1H3,(H,15,17). The van der Waals surface area contributed by atoms with Gasteiger partial charge in [-0.2, -0.15) is 0 Å². The third-order valence-electron chi connectivity index (χ3n) is 3.53. The number of carbonyl (C=O) groups excluding carboxylic acids is 1. The number of aryl methyl sites for hydroxylation is 2. The van der Waals surface area contributed by atoms with Crippen molar-refractivity contribution in [2.24, 2.45) is 7.05 Å². The van der Waals surface area contributed by atoms with Crippen molar-refractivity contribution in [3.63, 3.8) is 0 Å². The quantitative estimate of drug-likeness (QED) is 0.882. The normalized spacial score (nSPS) is 18.4. The van der Waals surface area contributed by atoms with Gasteiger partial charge in [-0.05, 0) is 31.0 Å². The number of furan rings is 1. The number of hydrogen-bond acceptors (Lipinski definition) is 2. The summed E-state index contributed by atoms with van der Waals surface area (Å²) in [4.78, 5) is 12.2. The SMILES string of the molecule is Cn1cccc1C(=O)NC1CCCc2occc21. The summed E-state index contributed by atoms with van der Waals surface area (Å²) < 4.78 is 7.25. The summed E-state index contributed by atoms with van der Waals surface area (Å²) in [6, 6.07) is 5.74. The number of fused-ring (bicyclic) bond motifs is 1. The Balaban J connectivity index is 1.79. The van der Waals surface area contributed by atoms with E-state index in [0.717, 1.165) is 30.6 Å². The van der Waals surface area contributed by atoms with Gasteiger partial charge in [0.2, 0.25) is 0 Å². The minimum Gasteiger partial charge on any atom is -0.469 e. The van der Waals surface area contributed by atoms with Crippen LogP contribution in [0.25, 0.3) is 0 Å². The molecule has 2 aromatic rings. The van der Waals surface area contributed by atoms with E-state index in [1.165, 1.54) is 0 Å². The molecular formula is C14H16N2O2. The Morgan fingerprint density at radius 2 is 2.39 bits per heavy atom. The summed E-state index contributed by atoms with van der Waals surface area (Å²) >= 11 is 0. The van der Waals surface area contributed by atoms with Gasteiger partial charge in [-0.1, -0.05) is 0 Å². The van der Waals surface area contributed by atoms with Crippen LogP contribution in [0.4, 0.5) is 0 Å². The zero-order valence-electron chi connectivity index (χ0n) is 10.3. The molecular weight excluding hydrogens is 228 g/mol. The number of amides is 1. The van der Waals surface area contributed by atoms with Crippen LogP contribution >= 0.6 is 0 Å². The van der Waals surface area contributed by atoms with E-state index in [9.17, 15) is 4.79 Å². The molecule has 0 aromatic carbocycles. The fourth-order valence-corrected chi connectivity index (χ4v) is 2.57. The average molecular weight is 244 g/mol. The van der Waals surface area contributed by atoms with E-state index in [4.69, 9.17) is 4.42 Å². The van der Waals surface area contributed by atoms with Crippen molar-refractivity contribution in [2.45, 2.75) is 25.3 Å². The lowest BCUT2D eigenvalue weighted by atomic mass is 9.93. The minimum atomic E-state index is -0.0263. The second-order valence-electron chi connectivity index (χ2n) is 4.72. The zero-order chi connectivity index (χ0) is 12.5. The van der Waals surface area contributed by atoms with Crippen LogP contribution < -0.4 is 5.32 Å². The highest BCUT2D eigenvalue weighted by atomic mass is 16.3. The van der Waals surface area contributed by atoms with Gasteiger partial charge in [-0.25, -0.2) is 0 Å². The van der Waals surface area contributed by atoms with Crippen molar-refractivity contribution in [1.29, 1.82) is 0 Å². The maximum Gasteiger partial charge on any atom is 0.268 e. The van der Waals surface area contributed by atoms with Gasteiger partial charge in [0.1, 0.15) is 11.5 Å². The fraction of sp³-hybridized carbons (Fsp3) is 0.357. The lowest BCUT2D eigenvalue weighted by Gasteiger charge is -2.22. The number of aromatic nitrogens is 1. The van der Waals surface area contributed by atoms with Crippen LogP contribution in [-0.4, -0.2) is 10.5 Å². The topological polar surface area (TPSA) is 47.2 Å². The molecule has 1 aliphatic rings. The van der Waals surface area contributed by atoms with Crippen LogP contribution in [0.1, 0.15) is 40.7 Å². The highest BCUT2D eigenvalue weighted by Crippen LogP contribution is 2.30. The Hall–Kier alpha value is -1.97. The number of carbonyl (C=O) groups is 1. The van der Waals surface area contributed by atoms with Crippen LogP contribution in [0.2, 0.25) is 0 Å². The Kier molecular flexibility index (Phi) is 2.70. The first-order chi connectivity index (χ1) is 8.75. The predicted molar refractivity (Wildman–Crippen MR) is 67.3 cm³/mol. The molecule has 1 N–H and O–H groups in total. The summed E-state index contributed by atoms with van der Waals surface area (Å²) in [5.74, 6) is 0.986. The van der Waals surface area contributed by atoms with Crippen LogP contribution in [0.15, 0.2) is 35.1 Å². The van der Waals surface area contributed by atoms with Crippen molar-refractivity contribution < 1.29 is 9.21 Å². The van der Waals surface area contributed by atoms with Crippen LogP contribution in [0.3, 0.4) is 0 Å². The van der Waals surface area contributed by atoms with E-state index >= 15 is 0 Å². The molecule has 4 nitrogen and oxygen atoms in total. The molecule has 0 saturated carbocycles. The van der Waals surface area contributed by atoms with Gasteiger partial charge < -0.3 is 14.3 Å². The second-order valence-corrected chi connectivity index (χ2v) is 4.72. The van der Waals surface area contributed by atoms with E-state index in [2.05, 4.69) is 5.32 Å². The molecule has 0 fully saturated rings. The van der Waals surface area contributed by atoms with E-state index < -0.39 is 0 Å². The molecule has 0 aliphatic heterocycles. The van der Waals surface area contributed by atoms with Crippen molar-refractivity contribution in [1.82, 2.24) is 9.88 Å². The van der Waals surface area contributed by atoms with Gasteiger partial charge in [-0.15, -0.1) is 0 Å². The molecule has 1 atom stereocenters. The van der Waals surface area contributed by atoms with E-state index in [-0.39, 0.29) is 11.9 Å². The summed E-state index contributed by atoms with van der Waals surface area (Å²) in [6.45, 7) is 0. The highest BCUT2D eigenvalue weighted by molar-refractivity contribution is 5.93. The van der Waals surface area contributed by atoms with Crippen LogP contribution in [0.5, 0.6) is 0 Å². The van der Waals surface area contributed by atoms with E-state index in [1.54, 1.807) is 6.26 Å². The first-order valence-corrected chi connectivity index (χ1v) is 6.24. The van der Waals surface area contributed by atoms with E-state index in [1.807, 2.05) is 36.0 Å². The van der Waals surface area contributed by atoms with Crippen molar-refractivity contribution in [3.05, 3.63) is 47.7 Å². The van der Waals surface area contributed by atoms with Gasteiger partial charge in [0.25, 0.3) is 5.91 Å². The fourth-order valence-electron chi connectivity index (χ4n) is 2.57. The maximum atomic E-state index is 12.2. The Labute approximate surface area is 106 Å². The highest BCUT2D eigenvalue weighted by Gasteiger charge is 2.24. The number of nitrogens with zero attached hydrogens (tertiary/aromatic N) is 1. The first-order valence-electron chi connectivity index (χ1n) is 6.24. The number of rotatable bonds is 2. The lowest BCUT2D eigenvalue weighted by molar-refractivity contribution is 0.0924. The minimum absolute atomic E-state index is 0.0263. The monoisotopic (exact) mass is 244 g/mol. The molecule has 1 aliphatic carbocycles. The summed E-state index contributed by atoms with van der Waals surface area (Å²) in [6.07, 6.45) is 6.58. The Morgan fingerprint density at radius 1 is 1.50 bits per heavy atom. The van der Waals surface area contributed by atoms with Gasteiger partial charge in [-0.3, -0.25) is 4.79 Å². The van der Waals surface area contributed by atoms with Gasteiger partial charge in [0, 0.05) is 25.2 Å². The summed E-state index contributed by atoms with van der Waals surface area (Å²) in [5, 5.41) is 3.08. The van der Waals surface area contributed by atoms with Gasteiger partial charge in [0.15, 0.2) is 0 Å². The molecule has 1 unspecified atom stereocenters. The molecule has 2 aromatic heterocycles. The Morgan fingerprint density at radius 3 is 3.17 bits per heavy atom. The molecule has 0 spiro atoms. The van der Waals surface area contributed by atoms with Crippen molar-refractivity contribution >= 4 is 5.91 Å². The third kappa shape index (κ3) is 1.83. The largest absolute Gasteiger partial charge is 0.469 e. The van der Waals surface area contributed by atoms with Gasteiger partial charge >= 0.3 is 0 Å². The van der Waals surface area contributed by atoms with E-state index in [0.29, 0.717) is 5.69 Å². The van der Waals surface area contributed by atoms with Gasteiger partial charge in [0.05, 0.1) is 12.3 Å². The molecule has 0 saturated heterocycles. The number of hydrogen-bond donors (Lipinski definition) is 1. The smallest absolute Gasteiger partial charge is 0.268 e. The van der Waals surface area contributed by atoms with Crippen LogP contribution in [-0.2, 0) is 13.5 Å². The van der Waals surface area contributed by atoms with Crippen molar-refractivity contribution in [3.8, 4) is 0 Å². The van der Waals surface area contributed by atoms with Crippen LogP contribution in [0, 0.1) is 0 Å². The zero-order valence-corrected chi connectivity index (χ0v) is 10.3. The molecule has 4 heteroatoms. The molecule has 2 heterocycles. The third-order valence-corrected chi connectivity index (χ3v) is 3.53. The maximum absolute atomic E-state index is 12.2. The van der Waals surface area contributed by atoms with Crippen molar-refractivity contribution in [2.75, 3.05) is 0 Å². The molecule has 94 valence electrons. The first kappa shape index (κ1) is 11.1. The predicted octanol–water partition coefficient (Wildman–Crippen LogP) is 2.43. The summed E-state index contributed by atoms with van der Waals surface area (Å²) in [5.41, 5.74) is 1.81. The molecule has 18 heavy (non-hydrogen) atoms. The average Bonchev–Trinajstić information content (AvgIpc) is 2.97. The second kappa shape index (κ2) is 4.37. The summed E-state index contributed by atoms with van der Waals surface area (Å²) in [7, 11) is 1.87. The Bertz CT molecular complexity index is 568. The molecule has 1 amide bonds. The molecule has 3 rings (SSSR count). The molecule has 0 bridgehead atoms. The lowest BCUT2D eigenvalue weighted by Crippen LogP contribution is -2.31. The number of nitrogens with one attached hydrogen (secondary N) is 1.